The van der Waals surface area contributed by atoms with E-state index in [4.69, 9.17) is 11.5 Å². The summed E-state index contributed by atoms with van der Waals surface area (Å²) in [5.74, 6) is 3.37. The van der Waals surface area contributed by atoms with E-state index in [1.165, 1.54) is 38.5 Å². The number of nitrogens with two attached hydrogens (primary N) is 2. The van der Waals surface area contributed by atoms with Crippen LogP contribution in [0.15, 0.2) is 6.20 Å². The molecule has 6 rings (SSSR count). The Morgan fingerprint density at radius 1 is 1.00 bits per heavy atom. The predicted octanol–water partition coefficient (Wildman–Crippen LogP) is 1.89. The first-order valence-corrected chi connectivity index (χ1v) is 9.34. The molecule has 25 heavy (non-hydrogen) atoms. The standard InChI is InChI=1S/C18H25N7/c19-15-14-16(25-17(20)24-15)22-8-13(23-14)7-21-9-18-4-10-1-11(5-18)3-12(2-10)6-18/h8,10-12,21H,1-7,9H2,(H4,19,20,22,24,25). The molecule has 5 N–H and O–H groups in total. The van der Waals surface area contributed by atoms with Crippen LogP contribution in [0, 0.1) is 23.2 Å². The highest BCUT2D eigenvalue weighted by Gasteiger charge is 2.50. The number of nitrogens with zero attached hydrogens (tertiary/aromatic N) is 4. The van der Waals surface area contributed by atoms with Crippen LogP contribution in [0.5, 0.6) is 0 Å². The fourth-order valence-corrected chi connectivity index (χ4v) is 6.03. The van der Waals surface area contributed by atoms with E-state index in [0.717, 1.165) is 30.0 Å². The number of hydrogen-bond acceptors (Lipinski definition) is 7. The highest BCUT2D eigenvalue weighted by Crippen LogP contribution is 2.59. The Morgan fingerprint density at radius 3 is 2.36 bits per heavy atom. The SMILES string of the molecule is Nc1nc(N)c2nc(CNCC34CC5CC(CC(C5)C3)C4)cnc2n1. The van der Waals surface area contributed by atoms with Crippen LogP contribution in [0.4, 0.5) is 11.8 Å². The van der Waals surface area contributed by atoms with Crippen LogP contribution in [0.25, 0.3) is 11.2 Å². The Hall–Kier alpha value is -2.02. The smallest absolute Gasteiger partial charge is 0.224 e. The van der Waals surface area contributed by atoms with Gasteiger partial charge in [-0.15, -0.1) is 0 Å². The van der Waals surface area contributed by atoms with Gasteiger partial charge in [-0.2, -0.15) is 9.97 Å². The first-order chi connectivity index (χ1) is 12.1. The largest absolute Gasteiger partial charge is 0.382 e. The van der Waals surface area contributed by atoms with E-state index >= 15 is 0 Å². The summed E-state index contributed by atoms with van der Waals surface area (Å²) in [7, 11) is 0. The Morgan fingerprint density at radius 2 is 1.68 bits per heavy atom. The molecule has 4 bridgehead atoms. The molecule has 4 saturated carbocycles. The molecular weight excluding hydrogens is 314 g/mol. The first-order valence-electron chi connectivity index (χ1n) is 9.34. The third-order valence-electron chi connectivity index (χ3n) is 6.47. The average Bonchev–Trinajstić information content (AvgIpc) is 2.54. The van der Waals surface area contributed by atoms with Crippen molar-refractivity contribution in [1.29, 1.82) is 0 Å². The Balaban J connectivity index is 1.28. The van der Waals surface area contributed by atoms with E-state index in [-0.39, 0.29) is 11.8 Å². The van der Waals surface area contributed by atoms with E-state index in [2.05, 4.69) is 25.3 Å². The lowest BCUT2D eigenvalue weighted by Gasteiger charge is -2.57. The van der Waals surface area contributed by atoms with Gasteiger partial charge in [0, 0.05) is 13.1 Å². The minimum absolute atomic E-state index is 0.131. The first kappa shape index (κ1) is 15.3. The molecule has 0 saturated heterocycles. The van der Waals surface area contributed by atoms with Crippen molar-refractivity contribution in [2.75, 3.05) is 18.0 Å². The lowest BCUT2D eigenvalue weighted by Crippen LogP contribution is -2.50. The molecule has 0 radical (unpaired) electrons. The minimum atomic E-state index is 0.131. The zero-order valence-electron chi connectivity index (χ0n) is 14.4. The molecule has 0 aliphatic heterocycles. The summed E-state index contributed by atoms with van der Waals surface area (Å²) in [6.45, 7) is 1.79. The molecule has 0 amide bonds. The van der Waals surface area contributed by atoms with E-state index in [1.807, 2.05) is 0 Å². The van der Waals surface area contributed by atoms with Gasteiger partial charge in [-0.1, -0.05) is 0 Å². The van der Waals surface area contributed by atoms with Crippen LogP contribution >= 0.6 is 0 Å². The van der Waals surface area contributed by atoms with Gasteiger partial charge in [0.1, 0.15) is 0 Å². The molecule has 0 atom stereocenters. The third-order valence-corrected chi connectivity index (χ3v) is 6.47. The monoisotopic (exact) mass is 339 g/mol. The quantitative estimate of drug-likeness (QED) is 0.779. The van der Waals surface area contributed by atoms with Crippen LogP contribution in [0.1, 0.15) is 44.2 Å². The summed E-state index contributed by atoms with van der Waals surface area (Å²) < 4.78 is 0. The summed E-state index contributed by atoms with van der Waals surface area (Å²) in [5, 5.41) is 3.65. The molecule has 2 aromatic heterocycles. The molecule has 4 fully saturated rings. The van der Waals surface area contributed by atoms with E-state index in [0.29, 0.717) is 23.1 Å². The van der Waals surface area contributed by atoms with Crippen molar-refractivity contribution >= 4 is 22.9 Å². The molecule has 132 valence electrons. The number of hydrogen-bond donors (Lipinski definition) is 3. The number of aromatic nitrogens is 4. The fourth-order valence-electron chi connectivity index (χ4n) is 6.03. The van der Waals surface area contributed by atoms with Crippen molar-refractivity contribution in [2.45, 2.75) is 45.1 Å². The second kappa shape index (κ2) is 5.49. The Labute approximate surface area is 147 Å². The van der Waals surface area contributed by atoms with Gasteiger partial charge in [0.05, 0.1) is 11.9 Å². The maximum atomic E-state index is 5.90. The third kappa shape index (κ3) is 2.70. The molecule has 2 aromatic rings. The minimum Gasteiger partial charge on any atom is -0.382 e. The van der Waals surface area contributed by atoms with E-state index in [1.54, 1.807) is 6.20 Å². The topological polar surface area (TPSA) is 116 Å². The van der Waals surface area contributed by atoms with E-state index in [9.17, 15) is 0 Å². The molecular formula is C18H25N7. The number of anilines is 2. The van der Waals surface area contributed by atoms with Gasteiger partial charge in [0.25, 0.3) is 0 Å². The van der Waals surface area contributed by atoms with Gasteiger partial charge < -0.3 is 16.8 Å². The molecule has 2 heterocycles. The molecule has 7 nitrogen and oxygen atoms in total. The van der Waals surface area contributed by atoms with Gasteiger partial charge in [0.2, 0.25) is 5.95 Å². The molecule has 0 aromatic carbocycles. The fraction of sp³-hybridized carbons (Fsp3) is 0.667. The van der Waals surface area contributed by atoms with Crippen molar-refractivity contribution < 1.29 is 0 Å². The van der Waals surface area contributed by atoms with Crippen molar-refractivity contribution in [1.82, 2.24) is 25.3 Å². The van der Waals surface area contributed by atoms with E-state index < -0.39 is 0 Å². The molecule has 0 unspecified atom stereocenters. The molecule has 7 heteroatoms. The zero-order chi connectivity index (χ0) is 17.0. The summed E-state index contributed by atoms with van der Waals surface area (Å²) in [6, 6.07) is 0. The summed E-state index contributed by atoms with van der Waals surface area (Å²) in [5.41, 5.74) is 13.9. The second-order valence-electron chi connectivity index (χ2n) is 8.52. The van der Waals surface area contributed by atoms with Crippen LogP contribution in [-0.2, 0) is 6.54 Å². The molecule has 4 aliphatic carbocycles. The van der Waals surface area contributed by atoms with Gasteiger partial charge in [0.15, 0.2) is 17.0 Å². The lowest BCUT2D eigenvalue weighted by atomic mass is 9.49. The maximum Gasteiger partial charge on any atom is 0.224 e. The van der Waals surface area contributed by atoms with Crippen molar-refractivity contribution in [3.63, 3.8) is 0 Å². The van der Waals surface area contributed by atoms with Gasteiger partial charge in [-0.25, -0.2) is 9.97 Å². The van der Waals surface area contributed by atoms with Gasteiger partial charge in [-0.05, 0) is 61.7 Å². The summed E-state index contributed by atoms with van der Waals surface area (Å²) in [4.78, 5) is 17.0. The molecule has 4 aliphatic rings. The van der Waals surface area contributed by atoms with Crippen LogP contribution < -0.4 is 16.8 Å². The van der Waals surface area contributed by atoms with Crippen LogP contribution in [-0.4, -0.2) is 26.5 Å². The van der Waals surface area contributed by atoms with Crippen molar-refractivity contribution in [2.24, 2.45) is 23.2 Å². The predicted molar refractivity (Wildman–Crippen MR) is 96.3 cm³/mol. The van der Waals surface area contributed by atoms with Crippen LogP contribution in [0.3, 0.4) is 0 Å². The normalized spacial score (nSPS) is 33.2. The Bertz CT molecular complexity index is 783. The van der Waals surface area contributed by atoms with Crippen molar-refractivity contribution in [3.05, 3.63) is 11.9 Å². The number of fused-ring (bicyclic) bond motifs is 1. The van der Waals surface area contributed by atoms with Crippen molar-refractivity contribution in [3.8, 4) is 0 Å². The summed E-state index contributed by atoms with van der Waals surface area (Å²) >= 11 is 0. The average molecular weight is 339 g/mol. The number of rotatable bonds is 4. The van der Waals surface area contributed by atoms with Crippen LogP contribution in [0.2, 0.25) is 0 Å². The number of nitrogens with one attached hydrogen (secondary N) is 1. The number of nitrogen functional groups attached to an aromatic ring is 2. The highest BCUT2D eigenvalue weighted by atomic mass is 15.1. The lowest BCUT2D eigenvalue weighted by molar-refractivity contribution is -0.0514. The van der Waals surface area contributed by atoms with Gasteiger partial charge in [-0.3, -0.25) is 0 Å². The molecule has 0 spiro atoms. The maximum absolute atomic E-state index is 5.90. The Kier molecular flexibility index (Phi) is 3.35. The highest BCUT2D eigenvalue weighted by molar-refractivity contribution is 5.81. The summed E-state index contributed by atoms with van der Waals surface area (Å²) in [6.07, 6.45) is 10.4. The van der Waals surface area contributed by atoms with Gasteiger partial charge >= 0.3 is 0 Å². The zero-order valence-corrected chi connectivity index (χ0v) is 14.4. The second-order valence-corrected chi connectivity index (χ2v) is 8.52.